The Bertz CT molecular complexity index is 1050. The number of hydrogen-bond acceptors (Lipinski definition) is 4. The van der Waals surface area contributed by atoms with Crippen LogP contribution < -0.4 is 9.75 Å². The fourth-order valence-corrected chi connectivity index (χ4v) is 3.34. The molecular weight excluding hydrogens is 428 g/mol. The molecule has 0 fully saturated rings. The highest BCUT2D eigenvalue weighted by Gasteiger charge is 2.11. The minimum absolute atomic E-state index is 0.560. The SMILES string of the molecule is Cc1ccc(N(Cc2ccc(OCc3ccccc3)cc2)n2cnnc2)cc1Br. The molecule has 0 unspecified atom stereocenters. The molecule has 4 rings (SSSR count). The first-order chi connectivity index (χ1) is 14.2. The molecule has 3 aromatic carbocycles. The molecular formula is C23H21BrN4O. The second kappa shape index (κ2) is 8.92. The Morgan fingerprint density at radius 1 is 0.897 bits per heavy atom. The molecule has 0 atom stereocenters. The number of ether oxygens (including phenoxy) is 1. The summed E-state index contributed by atoms with van der Waals surface area (Å²) in [4.78, 5) is 0. The van der Waals surface area contributed by atoms with Gasteiger partial charge in [0.1, 0.15) is 25.0 Å². The van der Waals surface area contributed by atoms with Crippen LogP contribution in [0.1, 0.15) is 16.7 Å². The fourth-order valence-electron chi connectivity index (χ4n) is 2.97. The normalized spacial score (nSPS) is 10.7. The van der Waals surface area contributed by atoms with Gasteiger partial charge < -0.3 is 4.74 Å². The molecule has 1 aromatic heterocycles. The predicted molar refractivity (Wildman–Crippen MR) is 118 cm³/mol. The smallest absolute Gasteiger partial charge is 0.139 e. The summed E-state index contributed by atoms with van der Waals surface area (Å²) in [5.41, 5.74) is 4.55. The minimum Gasteiger partial charge on any atom is -0.489 e. The molecule has 0 aliphatic rings. The lowest BCUT2D eigenvalue weighted by Crippen LogP contribution is -2.27. The van der Waals surface area contributed by atoms with E-state index in [-0.39, 0.29) is 0 Å². The van der Waals surface area contributed by atoms with Gasteiger partial charge in [-0.05, 0) is 47.9 Å². The monoisotopic (exact) mass is 448 g/mol. The third-order valence-corrected chi connectivity index (χ3v) is 5.50. The highest BCUT2D eigenvalue weighted by atomic mass is 79.9. The molecule has 0 radical (unpaired) electrons. The maximum Gasteiger partial charge on any atom is 0.139 e. The molecule has 0 saturated carbocycles. The Hall–Kier alpha value is -3.12. The van der Waals surface area contributed by atoms with Crippen LogP contribution in [-0.2, 0) is 13.2 Å². The molecule has 4 aromatic rings. The van der Waals surface area contributed by atoms with Crippen molar-refractivity contribution in [2.75, 3.05) is 5.01 Å². The molecule has 5 nitrogen and oxygen atoms in total. The first-order valence-electron chi connectivity index (χ1n) is 9.33. The standard InChI is InChI=1S/C23H21BrN4O/c1-18-7-10-21(13-23(18)24)28(27-16-25-26-17-27)14-19-8-11-22(12-9-19)29-15-20-5-3-2-4-6-20/h2-13,16-17H,14-15H2,1H3. The summed E-state index contributed by atoms with van der Waals surface area (Å²) < 4.78 is 8.85. The molecule has 146 valence electrons. The summed E-state index contributed by atoms with van der Waals surface area (Å²) in [6, 6.07) is 24.6. The number of aromatic nitrogens is 3. The molecule has 0 aliphatic carbocycles. The maximum absolute atomic E-state index is 5.89. The lowest BCUT2D eigenvalue weighted by atomic mass is 10.2. The topological polar surface area (TPSA) is 43.2 Å². The van der Waals surface area contributed by atoms with E-state index in [2.05, 4.69) is 80.5 Å². The van der Waals surface area contributed by atoms with E-state index in [4.69, 9.17) is 4.74 Å². The number of halogens is 1. The van der Waals surface area contributed by atoms with Crippen LogP contribution in [0, 0.1) is 6.92 Å². The van der Waals surface area contributed by atoms with Gasteiger partial charge in [0.2, 0.25) is 0 Å². The summed E-state index contributed by atoms with van der Waals surface area (Å²) in [5, 5.41) is 10.0. The van der Waals surface area contributed by atoms with E-state index in [0.717, 1.165) is 27.0 Å². The van der Waals surface area contributed by atoms with E-state index >= 15 is 0 Å². The average molecular weight is 449 g/mol. The summed E-state index contributed by atoms with van der Waals surface area (Å²) in [6.45, 7) is 3.31. The Kier molecular flexibility index (Phi) is 5.91. The Morgan fingerprint density at radius 2 is 1.62 bits per heavy atom. The van der Waals surface area contributed by atoms with Gasteiger partial charge >= 0.3 is 0 Å². The van der Waals surface area contributed by atoms with Gasteiger partial charge in [0.25, 0.3) is 0 Å². The van der Waals surface area contributed by atoms with Gasteiger partial charge in [-0.3, -0.25) is 5.01 Å². The van der Waals surface area contributed by atoms with Gasteiger partial charge in [0.15, 0.2) is 0 Å². The minimum atomic E-state index is 0.560. The van der Waals surface area contributed by atoms with Crippen molar-refractivity contribution in [3.8, 4) is 5.75 Å². The van der Waals surface area contributed by atoms with Gasteiger partial charge in [-0.15, -0.1) is 10.2 Å². The van der Waals surface area contributed by atoms with E-state index in [9.17, 15) is 0 Å². The van der Waals surface area contributed by atoms with E-state index < -0.39 is 0 Å². The second-order valence-electron chi connectivity index (χ2n) is 6.75. The third-order valence-electron chi connectivity index (χ3n) is 4.64. The molecule has 0 saturated heterocycles. The third kappa shape index (κ3) is 4.84. The zero-order valence-electron chi connectivity index (χ0n) is 16.1. The molecule has 0 bridgehead atoms. The van der Waals surface area contributed by atoms with Gasteiger partial charge in [-0.1, -0.05) is 64.5 Å². The number of rotatable bonds is 7. The predicted octanol–water partition coefficient (Wildman–Crippen LogP) is 5.40. The average Bonchev–Trinajstić information content (AvgIpc) is 3.29. The summed E-state index contributed by atoms with van der Waals surface area (Å²) in [6.07, 6.45) is 3.40. The van der Waals surface area contributed by atoms with Gasteiger partial charge in [-0.2, -0.15) is 0 Å². The van der Waals surface area contributed by atoms with Crippen LogP contribution >= 0.6 is 15.9 Å². The number of aryl methyl sites for hydroxylation is 1. The van der Waals surface area contributed by atoms with E-state index in [0.29, 0.717) is 13.2 Å². The van der Waals surface area contributed by atoms with Crippen LogP contribution in [0.4, 0.5) is 5.69 Å². The maximum atomic E-state index is 5.89. The van der Waals surface area contributed by atoms with Gasteiger partial charge in [-0.25, -0.2) is 4.68 Å². The van der Waals surface area contributed by atoms with Crippen molar-refractivity contribution < 1.29 is 4.74 Å². The molecule has 0 aliphatic heterocycles. The molecule has 0 amide bonds. The molecule has 29 heavy (non-hydrogen) atoms. The van der Waals surface area contributed by atoms with Crippen LogP contribution in [0.5, 0.6) is 5.75 Å². The fraction of sp³-hybridized carbons (Fsp3) is 0.130. The molecule has 0 spiro atoms. The van der Waals surface area contributed by atoms with Crippen molar-refractivity contribution in [1.29, 1.82) is 0 Å². The lowest BCUT2D eigenvalue weighted by molar-refractivity contribution is 0.306. The number of nitrogens with zero attached hydrogens (tertiary/aromatic N) is 4. The van der Waals surface area contributed by atoms with Crippen molar-refractivity contribution in [3.05, 3.63) is 107 Å². The first-order valence-corrected chi connectivity index (χ1v) is 10.1. The van der Waals surface area contributed by atoms with Gasteiger partial charge in [0, 0.05) is 4.47 Å². The summed E-state index contributed by atoms with van der Waals surface area (Å²) in [5.74, 6) is 0.853. The van der Waals surface area contributed by atoms with Crippen LogP contribution in [0.15, 0.2) is 89.9 Å². The Balaban J connectivity index is 1.49. The van der Waals surface area contributed by atoms with Crippen molar-refractivity contribution in [3.63, 3.8) is 0 Å². The number of benzene rings is 3. The quantitative estimate of drug-likeness (QED) is 0.379. The number of hydrogen-bond donors (Lipinski definition) is 0. The highest BCUT2D eigenvalue weighted by molar-refractivity contribution is 9.10. The zero-order valence-corrected chi connectivity index (χ0v) is 17.7. The molecule has 0 N–H and O–H groups in total. The Morgan fingerprint density at radius 3 is 2.31 bits per heavy atom. The lowest BCUT2D eigenvalue weighted by Gasteiger charge is -2.25. The van der Waals surface area contributed by atoms with Crippen LogP contribution in [-0.4, -0.2) is 14.9 Å². The Labute approximate surface area is 178 Å². The summed E-state index contributed by atoms with van der Waals surface area (Å²) in [7, 11) is 0. The van der Waals surface area contributed by atoms with Crippen LogP contribution in [0.25, 0.3) is 0 Å². The second-order valence-corrected chi connectivity index (χ2v) is 7.61. The zero-order chi connectivity index (χ0) is 20.1. The van der Waals surface area contributed by atoms with E-state index in [1.165, 1.54) is 5.56 Å². The molecule has 1 heterocycles. The van der Waals surface area contributed by atoms with Crippen LogP contribution in [0.2, 0.25) is 0 Å². The van der Waals surface area contributed by atoms with Crippen molar-refractivity contribution >= 4 is 21.6 Å². The van der Waals surface area contributed by atoms with Gasteiger partial charge in [0.05, 0.1) is 12.2 Å². The number of anilines is 1. The van der Waals surface area contributed by atoms with Crippen LogP contribution in [0.3, 0.4) is 0 Å². The highest BCUT2D eigenvalue weighted by Crippen LogP contribution is 2.26. The van der Waals surface area contributed by atoms with Crippen molar-refractivity contribution in [2.24, 2.45) is 0 Å². The largest absolute Gasteiger partial charge is 0.489 e. The van der Waals surface area contributed by atoms with Crippen molar-refractivity contribution in [2.45, 2.75) is 20.1 Å². The first kappa shape index (κ1) is 19.2. The van der Waals surface area contributed by atoms with E-state index in [1.54, 1.807) is 12.7 Å². The van der Waals surface area contributed by atoms with E-state index in [1.807, 2.05) is 35.0 Å². The summed E-state index contributed by atoms with van der Waals surface area (Å²) >= 11 is 3.63. The molecule has 6 heteroatoms. The van der Waals surface area contributed by atoms with Crippen molar-refractivity contribution in [1.82, 2.24) is 14.9 Å².